The number of hydrogen-bond acceptors (Lipinski definition) is 2. The highest BCUT2D eigenvalue weighted by atomic mass is 16.4. The summed E-state index contributed by atoms with van der Waals surface area (Å²) in [6, 6.07) is -0.707. The highest BCUT2D eigenvalue weighted by Crippen LogP contribution is 1.94. The molecule has 0 saturated carbocycles. The number of urea groups is 1. The molecule has 0 rings (SSSR count). The van der Waals surface area contributed by atoms with Crippen molar-refractivity contribution in [3.05, 3.63) is 6.92 Å². The first kappa shape index (κ1) is 10.7. The van der Waals surface area contributed by atoms with E-state index < -0.39 is 5.97 Å². The Hall–Kier alpha value is -1.26. The summed E-state index contributed by atoms with van der Waals surface area (Å²) < 4.78 is 0. The molecule has 5 nitrogen and oxygen atoms in total. The van der Waals surface area contributed by atoms with Gasteiger partial charge in [-0.15, -0.1) is 0 Å². The van der Waals surface area contributed by atoms with Crippen molar-refractivity contribution in [2.75, 3.05) is 7.05 Å². The monoisotopic (exact) mass is 173 g/mol. The minimum Gasteiger partial charge on any atom is -0.481 e. The Labute approximate surface area is 71.1 Å². The number of carboxylic acid groups (broad SMARTS) is 1. The first-order valence-electron chi connectivity index (χ1n) is 3.59. The van der Waals surface area contributed by atoms with Gasteiger partial charge in [-0.3, -0.25) is 4.79 Å². The molecule has 0 aliphatic rings. The van der Waals surface area contributed by atoms with E-state index in [9.17, 15) is 9.59 Å². The standard InChI is InChI=1S/C7H13N2O3/c1-5(3-4-6(10)11)9-7(12)8-2/h5H,1,3-4H2,2H3,(H,10,11)(H2,8,9,12)/q-1. The number of rotatable bonds is 4. The highest BCUT2D eigenvalue weighted by Gasteiger charge is 2.02. The number of hydrogen-bond donors (Lipinski definition) is 3. The zero-order valence-corrected chi connectivity index (χ0v) is 6.96. The van der Waals surface area contributed by atoms with Gasteiger partial charge in [0.25, 0.3) is 0 Å². The second-order valence-corrected chi connectivity index (χ2v) is 2.35. The van der Waals surface area contributed by atoms with Crippen molar-refractivity contribution in [1.82, 2.24) is 10.6 Å². The maximum Gasteiger partial charge on any atom is 0.312 e. The molecule has 1 atom stereocenters. The van der Waals surface area contributed by atoms with Gasteiger partial charge in [-0.25, -0.2) is 4.79 Å². The van der Waals surface area contributed by atoms with E-state index in [1.807, 2.05) is 0 Å². The van der Waals surface area contributed by atoms with E-state index in [0.717, 1.165) is 0 Å². The third-order valence-corrected chi connectivity index (χ3v) is 1.27. The Morgan fingerprint density at radius 2 is 2.17 bits per heavy atom. The van der Waals surface area contributed by atoms with Gasteiger partial charge in [0.05, 0.1) is 0 Å². The predicted octanol–water partition coefficient (Wildman–Crippen LogP) is -0.0171. The maximum atomic E-state index is 10.7. The Morgan fingerprint density at radius 1 is 1.58 bits per heavy atom. The number of aliphatic carboxylic acids is 1. The van der Waals surface area contributed by atoms with Crippen LogP contribution in [0, 0.1) is 6.92 Å². The molecule has 70 valence electrons. The second kappa shape index (κ2) is 5.40. The molecule has 2 amide bonds. The lowest BCUT2D eigenvalue weighted by Crippen LogP contribution is -2.39. The third-order valence-electron chi connectivity index (χ3n) is 1.27. The molecule has 12 heavy (non-hydrogen) atoms. The van der Waals surface area contributed by atoms with E-state index in [1.54, 1.807) is 0 Å². The molecule has 0 fully saturated rings. The van der Waals surface area contributed by atoms with Crippen LogP contribution in [-0.2, 0) is 4.79 Å². The van der Waals surface area contributed by atoms with Crippen molar-refractivity contribution < 1.29 is 14.7 Å². The Balaban J connectivity index is 3.52. The molecular formula is C7H13N2O3-. The molecule has 0 aliphatic heterocycles. The molecule has 0 spiro atoms. The van der Waals surface area contributed by atoms with Crippen LogP contribution in [0.15, 0.2) is 0 Å². The van der Waals surface area contributed by atoms with Gasteiger partial charge in [-0.1, -0.05) is 12.5 Å². The van der Waals surface area contributed by atoms with Crippen molar-refractivity contribution in [1.29, 1.82) is 0 Å². The quantitative estimate of drug-likeness (QED) is 0.523. The summed E-state index contributed by atoms with van der Waals surface area (Å²) in [6.45, 7) is 3.56. The summed E-state index contributed by atoms with van der Waals surface area (Å²) in [5, 5.41) is 13.1. The third kappa shape index (κ3) is 5.52. The second-order valence-electron chi connectivity index (χ2n) is 2.35. The van der Waals surface area contributed by atoms with Crippen molar-refractivity contribution in [3.8, 4) is 0 Å². The molecule has 1 unspecified atom stereocenters. The van der Waals surface area contributed by atoms with E-state index in [1.165, 1.54) is 7.05 Å². The van der Waals surface area contributed by atoms with Crippen LogP contribution >= 0.6 is 0 Å². The van der Waals surface area contributed by atoms with E-state index in [0.29, 0.717) is 6.42 Å². The summed E-state index contributed by atoms with van der Waals surface area (Å²) in [6.07, 6.45) is 0.348. The topological polar surface area (TPSA) is 78.4 Å². The van der Waals surface area contributed by atoms with Crippen LogP contribution in [0.25, 0.3) is 0 Å². The van der Waals surface area contributed by atoms with Crippen molar-refractivity contribution in [3.63, 3.8) is 0 Å². The van der Waals surface area contributed by atoms with Crippen LogP contribution in [0.1, 0.15) is 12.8 Å². The molecule has 0 aromatic rings. The molecule has 0 aromatic heterocycles. The van der Waals surface area contributed by atoms with Crippen LogP contribution in [0.2, 0.25) is 0 Å². The van der Waals surface area contributed by atoms with Gasteiger partial charge in [0.2, 0.25) is 0 Å². The van der Waals surface area contributed by atoms with Crippen LogP contribution in [0.4, 0.5) is 4.79 Å². The van der Waals surface area contributed by atoms with Gasteiger partial charge in [0.15, 0.2) is 0 Å². The molecule has 5 heteroatoms. The van der Waals surface area contributed by atoms with E-state index >= 15 is 0 Å². The molecule has 0 saturated heterocycles. The summed E-state index contributed by atoms with van der Waals surface area (Å²) in [5.74, 6) is -0.887. The van der Waals surface area contributed by atoms with Crippen LogP contribution in [-0.4, -0.2) is 30.2 Å². The largest absolute Gasteiger partial charge is 0.481 e. The number of carbonyl (C=O) groups is 2. The van der Waals surface area contributed by atoms with Gasteiger partial charge in [-0.05, 0) is 0 Å². The highest BCUT2D eigenvalue weighted by molar-refractivity contribution is 5.74. The van der Waals surface area contributed by atoms with Crippen LogP contribution < -0.4 is 10.6 Å². The van der Waals surface area contributed by atoms with E-state index in [-0.39, 0.29) is 18.5 Å². The Kier molecular flexibility index (Phi) is 4.83. The predicted molar refractivity (Wildman–Crippen MR) is 43.6 cm³/mol. The normalized spacial score (nSPS) is 11.8. The molecule has 0 aromatic carbocycles. The lowest BCUT2D eigenvalue weighted by atomic mass is 10.2. The van der Waals surface area contributed by atoms with E-state index in [4.69, 9.17) is 5.11 Å². The fourth-order valence-corrected chi connectivity index (χ4v) is 0.627. The van der Waals surface area contributed by atoms with Crippen LogP contribution in [0.3, 0.4) is 0 Å². The average Bonchev–Trinajstić information content (AvgIpc) is 2.00. The smallest absolute Gasteiger partial charge is 0.312 e. The average molecular weight is 173 g/mol. The zero-order chi connectivity index (χ0) is 9.56. The van der Waals surface area contributed by atoms with Crippen LogP contribution in [0.5, 0.6) is 0 Å². The van der Waals surface area contributed by atoms with Gasteiger partial charge in [0, 0.05) is 13.5 Å². The Morgan fingerprint density at radius 3 is 2.58 bits per heavy atom. The van der Waals surface area contributed by atoms with Gasteiger partial charge in [0.1, 0.15) is 0 Å². The van der Waals surface area contributed by atoms with Gasteiger partial charge < -0.3 is 22.7 Å². The summed E-state index contributed by atoms with van der Waals surface area (Å²) in [4.78, 5) is 20.8. The summed E-state index contributed by atoms with van der Waals surface area (Å²) in [5.41, 5.74) is 0. The maximum absolute atomic E-state index is 10.7. The molecule has 0 radical (unpaired) electrons. The van der Waals surface area contributed by atoms with Gasteiger partial charge in [-0.2, -0.15) is 0 Å². The fourth-order valence-electron chi connectivity index (χ4n) is 0.627. The molecule has 0 aliphatic carbocycles. The number of carboxylic acids is 1. The first-order valence-corrected chi connectivity index (χ1v) is 3.59. The molecule has 0 bridgehead atoms. The van der Waals surface area contributed by atoms with E-state index in [2.05, 4.69) is 17.6 Å². The zero-order valence-electron chi connectivity index (χ0n) is 6.96. The van der Waals surface area contributed by atoms with Crippen molar-refractivity contribution in [2.45, 2.75) is 18.9 Å². The minimum absolute atomic E-state index is 0.0121. The van der Waals surface area contributed by atoms with Crippen molar-refractivity contribution >= 4 is 12.0 Å². The van der Waals surface area contributed by atoms with Gasteiger partial charge >= 0.3 is 12.0 Å². The lowest BCUT2D eigenvalue weighted by molar-refractivity contribution is -0.137. The summed E-state index contributed by atoms with van der Waals surface area (Å²) in [7, 11) is 1.49. The SMILES string of the molecule is [CH2-]C(CCC(=O)O)NC(=O)NC. The first-order chi connectivity index (χ1) is 5.56. The molecular weight excluding hydrogens is 160 g/mol. The Bertz CT molecular complexity index is 170. The number of amides is 2. The molecule has 3 N–H and O–H groups in total. The molecule has 0 heterocycles. The lowest BCUT2D eigenvalue weighted by Gasteiger charge is -2.17. The number of nitrogens with one attached hydrogen (secondary N) is 2. The minimum atomic E-state index is -0.887. The van der Waals surface area contributed by atoms with Crippen molar-refractivity contribution in [2.24, 2.45) is 0 Å². The summed E-state index contributed by atoms with van der Waals surface area (Å²) >= 11 is 0. The number of carbonyl (C=O) groups excluding carboxylic acids is 1. The fraction of sp³-hybridized carbons (Fsp3) is 0.571.